The molecule has 7 heteroatoms. The Morgan fingerprint density at radius 2 is 1.88 bits per heavy atom. The number of benzene rings is 2. The van der Waals surface area contributed by atoms with Gasteiger partial charge in [0.05, 0.1) is 16.5 Å². The minimum Gasteiger partial charge on any atom is -0.508 e. The van der Waals surface area contributed by atoms with Gasteiger partial charge in [-0.15, -0.1) is 0 Å². The summed E-state index contributed by atoms with van der Waals surface area (Å²) in [6.45, 7) is 0. The number of hydrogen-bond donors (Lipinski definition) is 2. The molecule has 2 aliphatic heterocycles. The average molecular weight is 352 g/mol. The Labute approximate surface area is 147 Å². The zero-order valence-electron chi connectivity index (χ0n) is 12.8. The predicted octanol–water partition coefficient (Wildman–Crippen LogP) is 3.21. The highest BCUT2D eigenvalue weighted by Gasteiger charge is 2.38. The summed E-state index contributed by atoms with van der Waals surface area (Å²) in [7, 11) is 0. The monoisotopic (exact) mass is 352 g/mol. The fourth-order valence-electron chi connectivity index (χ4n) is 2.89. The summed E-state index contributed by atoms with van der Waals surface area (Å²) in [5, 5.41) is 11.9. The smallest absolute Gasteiger partial charge is 0.298 e. The molecule has 1 fully saturated rings. The Kier molecular flexibility index (Phi) is 3.58. The summed E-state index contributed by atoms with van der Waals surface area (Å²) in [6.07, 6.45) is 1.52. The number of rotatable bonds is 2. The van der Waals surface area contributed by atoms with Crippen LogP contribution >= 0.6 is 11.8 Å². The van der Waals surface area contributed by atoms with Crippen LogP contribution in [0.1, 0.15) is 11.5 Å². The van der Waals surface area contributed by atoms with Crippen LogP contribution in [0.15, 0.2) is 59.5 Å². The molecule has 2 aliphatic rings. The summed E-state index contributed by atoms with van der Waals surface area (Å²) in [5.41, 5.74) is 1.78. The standard InChI is InChI=1S/C18H12N2O4S/c21-11-5-3-4-10(8-11)20-17(23)15(25-18(20)24)9-13-12-6-1-2-7-14(12)19-16(13)22/h1-9,13,21H,(H,19,22). The van der Waals surface area contributed by atoms with Gasteiger partial charge in [0, 0.05) is 11.8 Å². The minimum atomic E-state index is -0.612. The largest absolute Gasteiger partial charge is 0.508 e. The number of imide groups is 1. The molecule has 2 N–H and O–H groups in total. The van der Waals surface area contributed by atoms with Gasteiger partial charge in [0.2, 0.25) is 5.91 Å². The lowest BCUT2D eigenvalue weighted by Crippen LogP contribution is -2.27. The number of carbonyl (C=O) groups excluding carboxylic acids is 3. The highest BCUT2D eigenvalue weighted by atomic mass is 32.2. The molecule has 0 bridgehead atoms. The number of phenolic OH excluding ortho intramolecular Hbond substituents is 1. The van der Waals surface area contributed by atoms with E-state index in [1.54, 1.807) is 18.2 Å². The first-order chi connectivity index (χ1) is 12.0. The molecule has 1 unspecified atom stereocenters. The molecule has 2 aromatic rings. The van der Waals surface area contributed by atoms with E-state index in [1.165, 1.54) is 18.2 Å². The second-order valence-corrected chi connectivity index (χ2v) is 6.61. The van der Waals surface area contributed by atoms with Crippen LogP contribution in [0.25, 0.3) is 0 Å². The molecule has 4 rings (SSSR count). The van der Waals surface area contributed by atoms with Gasteiger partial charge in [0.1, 0.15) is 5.75 Å². The first kappa shape index (κ1) is 15.5. The van der Waals surface area contributed by atoms with Crippen LogP contribution < -0.4 is 10.2 Å². The number of nitrogens with one attached hydrogen (secondary N) is 1. The van der Waals surface area contributed by atoms with Gasteiger partial charge < -0.3 is 10.4 Å². The van der Waals surface area contributed by atoms with Gasteiger partial charge in [-0.2, -0.15) is 0 Å². The van der Waals surface area contributed by atoms with Crippen LogP contribution in [0.5, 0.6) is 5.75 Å². The van der Waals surface area contributed by atoms with E-state index in [0.717, 1.165) is 22.2 Å². The number of fused-ring (bicyclic) bond motifs is 1. The van der Waals surface area contributed by atoms with Crippen molar-refractivity contribution >= 4 is 40.2 Å². The van der Waals surface area contributed by atoms with E-state index >= 15 is 0 Å². The van der Waals surface area contributed by atoms with Crippen LogP contribution in [-0.2, 0) is 9.59 Å². The maximum atomic E-state index is 12.6. The summed E-state index contributed by atoms with van der Waals surface area (Å²) >= 11 is 0.783. The Bertz CT molecular complexity index is 954. The van der Waals surface area contributed by atoms with Gasteiger partial charge in [-0.3, -0.25) is 14.4 Å². The molecule has 2 heterocycles. The van der Waals surface area contributed by atoms with Gasteiger partial charge in [-0.1, -0.05) is 24.3 Å². The third-order valence-corrected chi connectivity index (χ3v) is 4.92. The van der Waals surface area contributed by atoms with Crippen molar-refractivity contribution in [3.05, 3.63) is 65.1 Å². The number of amides is 3. The number of anilines is 2. The van der Waals surface area contributed by atoms with E-state index < -0.39 is 17.1 Å². The minimum absolute atomic E-state index is 0.0374. The fourth-order valence-corrected chi connectivity index (χ4v) is 3.74. The third kappa shape index (κ3) is 2.58. The van der Waals surface area contributed by atoms with Gasteiger partial charge in [-0.25, -0.2) is 4.90 Å². The molecule has 1 saturated heterocycles. The normalized spacial score (nSPS) is 21.0. The number of thioether (sulfide) groups is 1. The van der Waals surface area contributed by atoms with Crippen molar-refractivity contribution in [1.29, 1.82) is 0 Å². The van der Waals surface area contributed by atoms with E-state index in [4.69, 9.17) is 0 Å². The van der Waals surface area contributed by atoms with E-state index in [-0.39, 0.29) is 16.6 Å². The summed E-state index contributed by atoms with van der Waals surface area (Å²) in [4.78, 5) is 38.3. The Hall–Kier alpha value is -3.06. The van der Waals surface area contributed by atoms with E-state index in [1.807, 2.05) is 18.2 Å². The lowest BCUT2D eigenvalue weighted by atomic mass is 10.00. The number of phenols is 1. The van der Waals surface area contributed by atoms with Crippen LogP contribution in [0.2, 0.25) is 0 Å². The van der Waals surface area contributed by atoms with E-state index in [9.17, 15) is 19.5 Å². The third-order valence-electron chi connectivity index (χ3n) is 4.04. The number of nitrogens with zero attached hydrogens (tertiary/aromatic N) is 1. The second kappa shape index (κ2) is 5.78. The fraction of sp³-hybridized carbons (Fsp3) is 0.0556. The van der Waals surface area contributed by atoms with Crippen LogP contribution in [-0.4, -0.2) is 22.2 Å². The summed E-state index contributed by atoms with van der Waals surface area (Å²) in [6, 6.07) is 13.2. The average Bonchev–Trinajstić information content (AvgIpc) is 3.04. The van der Waals surface area contributed by atoms with Gasteiger partial charge >= 0.3 is 0 Å². The Balaban J connectivity index is 1.69. The molecule has 0 aromatic heterocycles. The highest BCUT2D eigenvalue weighted by Crippen LogP contribution is 2.40. The second-order valence-electron chi connectivity index (χ2n) is 5.61. The predicted molar refractivity (Wildman–Crippen MR) is 94.5 cm³/mol. The molecule has 0 saturated carbocycles. The molecule has 0 radical (unpaired) electrons. The maximum absolute atomic E-state index is 12.6. The molecular formula is C18H12N2O4S. The van der Waals surface area contributed by atoms with Crippen molar-refractivity contribution in [3.8, 4) is 5.75 Å². The highest BCUT2D eigenvalue weighted by molar-refractivity contribution is 8.18. The van der Waals surface area contributed by atoms with Crippen molar-refractivity contribution in [1.82, 2.24) is 0 Å². The summed E-state index contributed by atoms with van der Waals surface area (Å²) in [5.74, 6) is -1.38. The first-order valence-electron chi connectivity index (χ1n) is 7.51. The maximum Gasteiger partial charge on any atom is 0.298 e. The molecular weight excluding hydrogens is 340 g/mol. The van der Waals surface area contributed by atoms with Gasteiger partial charge in [0.15, 0.2) is 0 Å². The van der Waals surface area contributed by atoms with Gasteiger partial charge in [-0.05, 0) is 41.6 Å². The SMILES string of the molecule is O=C1Nc2ccccc2C1C=C1SC(=O)N(c2cccc(O)c2)C1=O. The quantitative estimate of drug-likeness (QED) is 0.811. The number of aromatic hydroxyl groups is 1. The zero-order chi connectivity index (χ0) is 17.6. The molecule has 1 atom stereocenters. The Morgan fingerprint density at radius 3 is 2.68 bits per heavy atom. The summed E-state index contributed by atoms with van der Waals surface area (Å²) < 4.78 is 0. The van der Waals surface area contributed by atoms with E-state index in [2.05, 4.69) is 5.32 Å². The molecule has 2 aromatic carbocycles. The molecule has 0 spiro atoms. The van der Waals surface area contributed by atoms with Crippen molar-refractivity contribution in [2.45, 2.75) is 5.92 Å². The van der Waals surface area contributed by atoms with E-state index in [0.29, 0.717) is 11.4 Å². The molecule has 3 amide bonds. The van der Waals surface area contributed by atoms with Crippen molar-refractivity contribution in [3.63, 3.8) is 0 Å². The van der Waals surface area contributed by atoms with Crippen LogP contribution in [0.4, 0.5) is 16.2 Å². The van der Waals surface area contributed by atoms with Crippen molar-refractivity contribution in [2.75, 3.05) is 10.2 Å². The molecule has 124 valence electrons. The molecule has 0 aliphatic carbocycles. The van der Waals surface area contributed by atoms with Crippen LogP contribution in [0, 0.1) is 0 Å². The number of para-hydroxylation sites is 1. The first-order valence-corrected chi connectivity index (χ1v) is 8.33. The zero-order valence-corrected chi connectivity index (χ0v) is 13.6. The Morgan fingerprint density at radius 1 is 1.08 bits per heavy atom. The van der Waals surface area contributed by atoms with Crippen molar-refractivity contribution < 1.29 is 19.5 Å². The number of hydrogen-bond acceptors (Lipinski definition) is 5. The lowest BCUT2D eigenvalue weighted by molar-refractivity contribution is -0.116. The number of carbonyl (C=O) groups is 3. The van der Waals surface area contributed by atoms with Gasteiger partial charge in [0.25, 0.3) is 11.1 Å². The van der Waals surface area contributed by atoms with Crippen LogP contribution in [0.3, 0.4) is 0 Å². The molecule has 25 heavy (non-hydrogen) atoms. The lowest BCUT2D eigenvalue weighted by Gasteiger charge is -2.12. The topological polar surface area (TPSA) is 86.7 Å². The van der Waals surface area contributed by atoms with Crippen molar-refractivity contribution in [2.24, 2.45) is 0 Å². The molecule has 6 nitrogen and oxygen atoms in total.